The van der Waals surface area contributed by atoms with E-state index in [1.54, 1.807) is 34.7 Å². The number of nitrogens with one attached hydrogen (secondary N) is 1. The molecule has 0 atom stereocenters. The lowest BCUT2D eigenvalue weighted by molar-refractivity contribution is -0.149. The van der Waals surface area contributed by atoms with Gasteiger partial charge in [-0.25, -0.2) is 4.79 Å². The van der Waals surface area contributed by atoms with Gasteiger partial charge in [-0.15, -0.1) is 0 Å². The Hall–Kier alpha value is -1.30. The predicted octanol–water partition coefficient (Wildman–Crippen LogP) is 1.29. The average molecular weight is 274 g/mol. The van der Waals surface area contributed by atoms with Crippen LogP contribution in [-0.2, 0) is 4.79 Å². The molecule has 0 spiro atoms. The largest absolute Gasteiger partial charge is 0.481 e. The van der Waals surface area contributed by atoms with Crippen LogP contribution >= 0.6 is 0 Å². The third-order valence-corrected chi connectivity index (χ3v) is 3.36. The molecule has 0 saturated heterocycles. The van der Waals surface area contributed by atoms with Crippen molar-refractivity contribution in [3.8, 4) is 0 Å². The van der Waals surface area contributed by atoms with Gasteiger partial charge in [0.1, 0.15) is 0 Å². The van der Waals surface area contributed by atoms with Crippen molar-refractivity contribution in [3.63, 3.8) is 0 Å². The van der Waals surface area contributed by atoms with E-state index in [0.717, 1.165) is 0 Å². The second-order valence-electron chi connectivity index (χ2n) is 5.62. The Labute approximate surface area is 114 Å². The minimum Gasteiger partial charge on any atom is -0.481 e. The molecule has 19 heavy (non-hydrogen) atoms. The lowest BCUT2D eigenvalue weighted by Crippen LogP contribution is -2.49. The van der Waals surface area contributed by atoms with E-state index in [1.807, 2.05) is 0 Å². The zero-order valence-electron chi connectivity index (χ0n) is 12.5. The summed E-state index contributed by atoms with van der Waals surface area (Å²) in [6.07, 6.45) is 0.905. The van der Waals surface area contributed by atoms with E-state index in [9.17, 15) is 19.8 Å². The van der Waals surface area contributed by atoms with Gasteiger partial charge in [0.25, 0.3) is 0 Å². The van der Waals surface area contributed by atoms with Gasteiger partial charge >= 0.3 is 12.0 Å². The second kappa shape index (κ2) is 6.75. The number of amides is 2. The monoisotopic (exact) mass is 274 g/mol. The van der Waals surface area contributed by atoms with E-state index >= 15 is 0 Å². The molecular weight excluding hydrogens is 248 g/mol. The maximum absolute atomic E-state index is 11.8. The zero-order valence-corrected chi connectivity index (χ0v) is 12.5. The summed E-state index contributed by atoms with van der Waals surface area (Å²) in [5.74, 6) is -0.900. The Morgan fingerprint density at radius 3 is 2.00 bits per heavy atom. The molecule has 0 fully saturated rings. The number of nitrogens with zero attached hydrogens (tertiary/aromatic N) is 1. The van der Waals surface area contributed by atoms with E-state index in [-0.39, 0.29) is 19.1 Å². The second-order valence-corrected chi connectivity index (χ2v) is 5.62. The number of aliphatic hydroxyl groups is 1. The minimum atomic E-state index is -0.981. The van der Waals surface area contributed by atoms with Crippen LogP contribution in [0.2, 0.25) is 0 Å². The SMILES string of the molecule is CCC(CC)(CNC(=O)N(C)CC(C)(C)O)C(=O)O. The Morgan fingerprint density at radius 1 is 1.21 bits per heavy atom. The number of likely N-dealkylation sites (N-methyl/N-ethyl adjacent to an activating group) is 1. The average Bonchev–Trinajstić information content (AvgIpc) is 2.28. The van der Waals surface area contributed by atoms with Crippen LogP contribution in [0.5, 0.6) is 0 Å². The zero-order chi connectivity index (χ0) is 15.3. The van der Waals surface area contributed by atoms with Crippen molar-refractivity contribution in [1.82, 2.24) is 10.2 Å². The van der Waals surface area contributed by atoms with Crippen LogP contribution in [0.4, 0.5) is 4.79 Å². The molecule has 0 rings (SSSR count). The lowest BCUT2D eigenvalue weighted by atomic mass is 9.82. The highest BCUT2D eigenvalue weighted by molar-refractivity contribution is 5.78. The summed E-state index contributed by atoms with van der Waals surface area (Å²) < 4.78 is 0. The fourth-order valence-corrected chi connectivity index (χ4v) is 1.91. The Morgan fingerprint density at radius 2 is 1.68 bits per heavy atom. The summed E-state index contributed by atoms with van der Waals surface area (Å²) in [7, 11) is 1.56. The summed E-state index contributed by atoms with van der Waals surface area (Å²) >= 11 is 0. The summed E-state index contributed by atoms with van der Waals surface area (Å²) in [5.41, 5.74) is -1.91. The predicted molar refractivity (Wildman–Crippen MR) is 73.0 cm³/mol. The highest BCUT2D eigenvalue weighted by atomic mass is 16.4. The first-order chi connectivity index (χ1) is 8.58. The molecule has 0 bridgehead atoms. The van der Waals surface area contributed by atoms with E-state index in [2.05, 4.69) is 5.32 Å². The van der Waals surface area contributed by atoms with Gasteiger partial charge in [-0.1, -0.05) is 13.8 Å². The maximum Gasteiger partial charge on any atom is 0.317 e. The molecule has 6 heteroatoms. The number of carbonyl (C=O) groups is 2. The van der Waals surface area contributed by atoms with E-state index in [1.165, 1.54) is 4.90 Å². The molecule has 0 radical (unpaired) electrons. The van der Waals surface area contributed by atoms with Crippen LogP contribution in [0.15, 0.2) is 0 Å². The number of carboxylic acid groups (broad SMARTS) is 1. The molecule has 2 amide bonds. The maximum atomic E-state index is 11.8. The fraction of sp³-hybridized carbons (Fsp3) is 0.846. The number of hydrogen-bond acceptors (Lipinski definition) is 3. The van der Waals surface area contributed by atoms with E-state index < -0.39 is 17.0 Å². The number of carboxylic acids is 1. The highest BCUT2D eigenvalue weighted by Crippen LogP contribution is 2.25. The van der Waals surface area contributed by atoms with Crippen LogP contribution in [0.1, 0.15) is 40.5 Å². The van der Waals surface area contributed by atoms with Crippen molar-refractivity contribution >= 4 is 12.0 Å². The molecule has 0 aliphatic heterocycles. The van der Waals surface area contributed by atoms with Gasteiger partial charge in [0.05, 0.1) is 17.6 Å². The van der Waals surface area contributed by atoms with Gasteiger partial charge in [-0.2, -0.15) is 0 Å². The molecule has 0 heterocycles. The van der Waals surface area contributed by atoms with Gasteiger partial charge < -0.3 is 20.4 Å². The smallest absolute Gasteiger partial charge is 0.317 e. The van der Waals surface area contributed by atoms with Crippen molar-refractivity contribution in [1.29, 1.82) is 0 Å². The first-order valence-corrected chi connectivity index (χ1v) is 6.52. The van der Waals surface area contributed by atoms with Crippen molar-refractivity contribution in [2.24, 2.45) is 5.41 Å². The standard InChI is InChI=1S/C13H26N2O4/c1-6-13(7-2,10(16)17)8-14-11(18)15(5)9-12(3,4)19/h19H,6-9H2,1-5H3,(H,14,18)(H,16,17). The molecule has 0 unspecified atom stereocenters. The van der Waals surface area contributed by atoms with Crippen molar-refractivity contribution in [2.75, 3.05) is 20.1 Å². The Bertz CT molecular complexity index is 319. The molecule has 112 valence electrons. The van der Waals surface area contributed by atoms with Gasteiger partial charge in [-0.05, 0) is 26.7 Å². The highest BCUT2D eigenvalue weighted by Gasteiger charge is 2.35. The molecule has 0 aromatic rings. The van der Waals surface area contributed by atoms with Crippen LogP contribution in [0, 0.1) is 5.41 Å². The number of hydrogen-bond donors (Lipinski definition) is 3. The molecule has 0 aromatic heterocycles. The number of rotatable bonds is 7. The number of aliphatic carboxylic acids is 1. The third kappa shape index (κ3) is 5.46. The van der Waals surface area contributed by atoms with Crippen LogP contribution in [0.25, 0.3) is 0 Å². The number of carbonyl (C=O) groups excluding carboxylic acids is 1. The van der Waals surface area contributed by atoms with E-state index in [0.29, 0.717) is 12.8 Å². The summed E-state index contributed by atoms with van der Waals surface area (Å²) in [5, 5.41) is 21.5. The van der Waals surface area contributed by atoms with Crippen molar-refractivity contribution in [3.05, 3.63) is 0 Å². The normalized spacial score (nSPS) is 12.1. The fourth-order valence-electron chi connectivity index (χ4n) is 1.91. The summed E-state index contributed by atoms with van der Waals surface area (Å²) in [6.45, 7) is 7.07. The molecule has 0 aliphatic rings. The topological polar surface area (TPSA) is 89.9 Å². The van der Waals surface area contributed by atoms with Crippen LogP contribution < -0.4 is 5.32 Å². The lowest BCUT2D eigenvalue weighted by Gasteiger charge is -2.30. The third-order valence-electron chi connectivity index (χ3n) is 3.36. The molecule has 0 aliphatic carbocycles. The molecular formula is C13H26N2O4. The summed E-state index contributed by atoms with van der Waals surface area (Å²) in [6, 6.07) is -0.380. The first kappa shape index (κ1) is 17.7. The number of urea groups is 1. The molecule has 0 aromatic carbocycles. The quantitative estimate of drug-likeness (QED) is 0.652. The first-order valence-electron chi connectivity index (χ1n) is 6.52. The summed E-state index contributed by atoms with van der Waals surface area (Å²) in [4.78, 5) is 24.5. The van der Waals surface area contributed by atoms with Gasteiger partial charge in [0, 0.05) is 13.6 Å². The van der Waals surface area contributed by atoms with Crippen molar-refractivity contribution in [2.45, 2.75) is 46.1 Å². The molecule has 3 N–H and O–H groups in total. The molecule has 6 nitrogen and oxygen atoms in total. The van der Waals surface area contributed by atoms with Gasteiger partial charge in [-0.3, -0.25) is 4.79 Å². The molecule has 0 saturated carbocycles. The van der Waals surface area contributed by atoms with Gasteiger partial charge in [0.2, 0.25) is 0 Å². The van der Waals surface area contributed by atoms with Gasteiger partial charge in [0.15, 0.2) is 0 Å². The van der Waals surface area contributed by atoms with E-state index in [4.69, 9.17) is 0 Å². The minimum absolute atomic E-state index is 0.0877. The van der Waals surface area contributed by atoms with Crippen molar-refractivity contribution < 1.29 is 19.8 Å². The van der Waals surface area contributed by atoms with Crippen LogP contribution in [0.3, 0.4) is 0 Å². The Balaban J connectivity index is 4.54. The van der Waals surface area contributed by atoms with Crippen LogP contribution in [-0.4, -0.2) is 52.9 Å². The Kier molecular flexibility index (Phi) is 6.29.